The molecule has 0 aliphatic heterocycles. The van der Waals surface area contributed by atoms with E-state index in [9.17, 15) is 13.9 Å². The zero-order valence-electron chi connectivity index (χ0n) is 14.4. The molecule has 0 aliphatic carbocycles. The molecule has 0 spiro atoms. The van der Waals surface area contributed by atoms with Gasteiger partial charge in [0.25, 0.3) is 0 Å². The van der Waals surface area contributed by atoms with Gasteiger partial charge in [0.2, 0.25) is 0 Å². The summed E-state index contributed by atoms with van der Waals surface area (Å²) in [6.07, 6.45) is 2.44. The number of hydrogen-bond acceptors (Lipinski definition) is 3. The Labute approximate surface area is 148 Å². The van der Waals surface area contributed by atoms with E-state index in [0.29, 0.717) is 17.6 Å². The largest absolute Gasteiger partial charge is 0.389 e. The lowest BCUT2D eigenvalue weighted by Gasteiger charge is -2.14. The Kier molecular flexibility index (Phi) is 3.96. The fraction of sp³-hybridized carbons (Fsp3) is 0.263. The standard InChI is InChI=1S/C19H18F2N4O/c1-11-3-16-18(4-12(11)2)24(9-22-16)7-13(26)8-25-10-23-17-5-14(20)15(21)6-19(17)25/h3-6,9-10,13,26H,7-8H2,1-2H3/t13-/m1/s1. The predicted molar refractivity (Wildman–Crippen MR) is 94.9 cm³/mol. The zero-order valence-corrected chi connectivity index (χ0v) is 14.4. The second-order valence-corrected chi connectivity index (χ2v) is 6.63. The molecule has 4 aromatic rings. The van der Waals surface area contributed by atoms with Gasteiger partial charge in [-0.25, -0.2) is 18.7 Å². The van der Waals surface area contributed by atoms with Crippen molar-refractivity contribution in [2.45, 2.75) is 33.0 Å². The van der Waals surface area contributed by atoms with Crippen LogP contribution in [0.1, 0.15) is 11.1 Å². The summed E-state index contributed by atoms with van der Waals surface area (Å²) in [5, 5.41) is 10.5. The van der Waals surface area contributed by atoms with Crippen LogP contribution >= 0.6 is 0 Å². The SMILES string of the molecule is Cc1cc2ncn(C[C@@H](O)Cn3cnc4cc(F)c(F)cc43)c2cc1C. The Morgan fingerprint density at radius 3 is 2.00 bits per heavy atom. The van der Waals surface area contributed by atoms with Crippen molar-refractivity contribution in [3.63, 3.8) is 0 Å². The van der Waals surface area contributed by atoms with Crippen LogP contribution in [0, 0.1) is 25.5 Å². The normalized spacial score (nSPS) is 13.0. The van der Waals surface area contributed by atoms with E-state index < -0.39 is 17.7 Å². The van der Waals surface area contributed by atoms with Crippen molar-refractivity contribution in [3.05, 3.63) is 59.7 Å². The van der Waals surface area contributed by atoms with Crippen LogP contribution in [-0.2, 0) is 13.1 Å². The molecule has 0 radical (unpaired) electrons. The van der Waals surface area contributed by atoms with Gasteiger partial charge in [-0.3, -0.25) is 0 Å². The highest BCUT2D eigenvalue weighted by Gasteiger charge is 2.14. The summed E-state index contributed by atoms with van der Waals surface area (Å²) in [7, 11) is 0. The maximum atomic E-state index is 13.5. The summed E-state index contributed by atoms with van der Waals surface area (Å²) in [5.41, 5.74) is 4.97. The third kappa shape index (κ3) is 2.84. The molecule has 0 aliphatic rings. The predicted octanol–water partition coefficient (Wildman–Crippen LogP) is 3.34. The quantitative estimate of drug-likeness (QED) is 0.610. The number of halogens is 2. The smallest absolute Gasteiger partial charge is 0.161 e. The van der Waals surface area contributed by atoms with Crippen molar-refractivity contribution in [2.24, 2.45) is 0 Å². The van der Waals surface area contributed by atoms with Crippen LogP contribution in [0.25, 0.3) is 22.1 Å². The van der Waals surface area contributed by atoms with E-state index in [1.165, 1.54) is 11.9 Å². The third-order valence-electron chi connectivity index (χ3n) is 4.71. The van der Waals surface area contributed by atoms with Gasteiger partial charge in [-0.05, 0) is 37.1 Å². The van der Waals surface area contributed by atoms with Crippen molar-refractivity contribution in [3.8, 4) is 0 Å². The Balaban J connectivity index is 1.59. The Morgan fingerprint density at radius 1 is 0.846 bits per heavy atom. The molecular formula is C19H18F2N4O. The van der Waals surface area contributed by atoms with Gasteiger partial charge in [0.15, 0.2) is 11.6 Å². The van der Waals surface area contributed by atoms with Crippen LogP contribution in [-0.4, -0.2) is 30.3 Å². The van der Waals surface area contributed by atoms with Crippen molar-refractivity contribution in [1.82, 2.24) is 19.1 Å². The molecule has 26 heavy (non-hydrogen) atoms. The Hall–Kier alpha value is -2.80. The minimum absolute atomic E-state index is 0.214. The number of rotatable bonds is 4. The van der Waals surface area contributed by atoms with Gasteiger partial charge in [-0.1, -0.05) is 0 Å². The molecule has 0 unspecified atom stereocenters. The Bertz CT molecular complexity index is 1030. The molecule has 5 nitrogen and oxygen atoms in total. The first-order valence-electron chi connectivity index (χ1n) is 8.32. The molecule has 4 rings (SSSR count). The average Bonchev–Trinajstić information content (AvgIpc) is 3.14. The lowest BCUT2D eigenvalue weighted by molar-refractivity contribution is 0.137. The average molecular weight is 356 g/mol. The monoisotopic (exact) mass is 356 g/mol. The van der Waals surface area contributed by atoms with Crippen LogP contribution in [0.3, 0.4) is 0 Å². The lowest BCUT2D eigenvalue weighted by atomic mass is 10.1. The van der Waals surface area contributed by atoms with E-state index in [0.717, 1.165) is 28.7 Å². The van der Waals surface area contributed by atoms with Gasteiger partial charge < -0.3 is 14.2 Å². The van der Waals surface area contributed by atoms with Gasteiger partial charge in [-0.2, -0.15) is 0 Å². The first-order valence-corrected chi connectivity index (χ1v) is 8.32. The molecule has 0 saturated carbocycles. The van der Waals surface area contributed by atoms with Crippen molar-refractivity contribution in [2.75, 3.05) is 0 Å². The van der Waals surface area contributed by atoms with Crippen molar-refractivity contribution >= 4 is 22.1 Å². The molecule has 0 amide bonds. The van der Waals surface area contributed by atoms with Crippen LogP contribution in [0.15, 0.2) is 36.9 Å². The highest BCUT2D eigenvalue weighted by molar-refractivity contribution is 5.77. The molecular weight excluding hydrogens is 338 g/mol. The van der Waals surface area contributed by atoms with Crippen molar-refractivity contribution in [1.29, 1.82) is 0 Å². The highest BCUT2D eigenvalue weighted by Crippen LogP contribution is 2.20. The third-order valence-corrected chi connectivity index (χ3v) is 4.71. The van der Waals surface area contributed by atoms with E-state index in [-0.39, 0.29) is 6.54 Å². The van der Waals surface area contributed by atoms with E-state index in [2.05, 4.69) is 16.0 Å². The number of aliphatic hydroxyl groups excluding tert-OH is 1. The summed E-state index contributed by atoms with van der Waals surface area (Å²) in [6.45, 7) is 4.62. The molecule has 0 bridgehead atoms. The number of nitrogens with zero attached hydrogens (tertiary/aromatic N) is 4. The molecule has 2 aromatic carbocycles. The van der Waals surface area contributed by atoms with E-state index >= 15 is 0 Å². The second kappa shape index (κ2) is 6.17. The van der Waals surface area contributed by atoms with Gasteiger partial charge in [0.05, 0.1) is 53.9 Å². The van der Waals surface area contributed by atoms with Crippen LogP contribution in [0.2, 0.25) is 0 Å². The number of hydrogen-bond donors (Lipinski definition) is 1. The van der Waals surface area contributed by atoms with Crippen LogP contribution in [0.5, 0.6) is 0 Å². The van der Waals surface area contributed by atoms with Crippen LogP contribution < -0.4 is 0 Å². The molecule has 134 valence electrons. The number of benzene rings is 2. The number of aryl methyl sites for hydroxylation is 2. The number of fused-ring (bicyclic) bond motifs is 2. The highest BCUT2D eigenvalue weighted by atomic mass is 19.2. The molecule has 2 aromatic heterocycles. The summed E-state index contributed by atoms with van der Waals surface area (Å²) in [5.74, 6) is -1.86. The summed E-state index contributed by atoms with van der Waals surface area (Å²) in [6, 6.07) is 6.23. The first kappa shape index (κ1) is 16.7. The fourth-order valence-electron chi connectivity index (χ4n) is 3.17. The van der Waals surface area contributed by atoms with Gasteiger partial charge >= 0.3 is 0 Å². The second-order valence-electron chi connectivity index (χ2n) is 6.63. The molecule has 1 atom stereocenters. The summed E-state index contributed by atoms with van der Waals surface area (Å²) in [4.78, 5) is 8.45. The van der Waals surface area contributed by atoms with Crippen LogP contribution in [0.4, 0.5) is 8.78 Å². The molecule has 7 heteroatoms. The lowest BCUT2D eigenvalue weighted by Crippen LogP contribution is -2.21. The topological polar surface area (TPSA) is 55.9 Å². The maximum absolute atomic E-state index is 13.5. The number of aromatic nitrogens is 4. The number of aliphatic hydroxyl groups is 1. The van der Waals surface area contributed by atoms with E-state index in [4.69, 9.17) is 0 Å². The van der Waals surface area contributed by atoms with E-state index in [1.807, 2.05) is 24.5 Å². The Morgan fingerprint density at radius 2 is 1.35 bits per heavy atom. The first-order chi connectivity index (χ1) is 12.4. The van der Waals surface area contributed by atoms with Gasteiger partial charge in [0.1, 0.15) is 0 Å². The molecule has 0 saturated heterocycles. The maximum Gasteiger partial charge on any atom is 0.161 e. The molecule has 0 fully saturated rings. The minimum Gasteiger partial charge on any atom is -0.389 e. The van der Waals surface area contributed by atoms with E-state index in [1.54, 1.807) is 10.9 Å². The molecule has 1 N–H and O–H groups in total. The summed E-state index contributed by atoms with van der Waals surface area (Å²) >= 11 is 0. The van der Waals surface area contributed by atoms with Gasteiger partial charge in [-0.15, -0.1) is 0 Å². The molecule has 2 heterocycles. The zero-order chi connectivity index (χ0) is 18.4. The van der Waals surface area contributed by atoms with Crippen molar-refractivity contribution < 1.29 is 13.9 Å². The summed E-state index contributed by atoms with van der Waals surface area (Å²) < 4.78 is 30.3. The number of imidazole rings is 2. The van der Waals surface area contributed by atoms with Gasteiger partial charge in [0, 0.05) is 12.1 Å². The fourth-order valence-corrected chi connectivity index (χ4v) is 3.17. The minimum atomic E-state index is -0.932.